The van der Waals surface area contributed by atoms with Gasteiger partial charge in [-0.05, 0) is 58.6 Å². The molecule has 2 rings (SSSR count). The average molecular weight is 351 g/mol. The van der Waals surface area contributed by atoms with Crippen molar-refractivity contribution in [2.75, 3.05) is 13.1 Å². The fraction of sp³-hybridized carbons (Fsp3) is 0.789. The van der Waals surface area contributed by atoms with Gasteiger partial charge in [-0.3, -0.25) is 4.68 Å². The van der Waals surface area contributed by atoms with Gasteiger partial charge in [0.1, 0.15) is 5.60 Å². The Labute approximate surface area is 151 Å². The highest BCUT2D eigenvalue weighted by atomic mass is 16.6. The summed E-state index contributed by atoms with van der Waals surface area (Å²) in [5, 5.41) is 7.91. The quantitative estimate of drug-likeness (QED) is 0.694. The molecule has 6 nitrogen and oxygen atoms in total. The zero-order chi connectivity index (χ0) is 18.4. The molecule has 142 valence electrons. The smallest absolute Gasteiger partial charge is 0.410 e. The van der Waals surface area contributed by atoms with E-state index in [1.807, 2.05) is 48.8 Å². The zero-order valence-electron chi connectivity index (χ0n) is 16.4. The maximum absolute atomic E-state index is 12.4. The lowest BCUT2D eigenvalue weighted by Crippen LogP contribution is -2.42. The minimum Gasteiger partial charge on any atom is -0.444 e. The van der Waals surface area contributed by atoms with Crippen LogP contribution in [0.1, 0.15) is 53.9 Å². The summed E-state index contributed by atoms with van der Waals surface area (Å²) < 4.78 is 7.51. The van der Waals surface area contributed by atoms with Crippen LogP contribution in [-0.4, -0.2) is 51.5 Å². The maximum Gasteiger partial charge on any atom is 0.410 e. The molecule has 0 spiro atoms. The van der Waals surface area contributed by atoms with Crippen LogP contribution in [0.4, 0.5) is 4.79 Å². The molecular weight excluding hydrogens is 316 g/mol. The van der Waals surface area contributed by atoms with Crippen molar-refractivity contribution in [3.63, 3.8) is 0 Å². The Hall–Kier alpha value is -1.56. The number of ether oxygens (including phenoxy) is 1. The van der Waals surface area contributed by atoms with Gasteiger partial charge in [-0.2, -0.15) is 5.10 Å². The van der Waals surface area contributed by atoms with E-state index in [0.29, 0.717) is 18.0 Å². The van der Waals surface area contributed by atoms with Gasteiger partial charge >= 0.3 is 6.09 Å². The van der Waals surface area contributed by atoms with E-state index in [1.54, 1.807) is 0 Å². The van der Waals surface area contributed by atoms with Crippen molar-refractivity contribution in [3.8, 4) is 0 Å². The minimum absolute atomic E-state index is 0.174. The van der Waals surface area contributed by atoms with Gasteiger partial charge in [-0.1, -0.05) is 13.8 Å². The van der Waals surface area contributed by atoms with E-state index in [-0.39, 0.29) is 6.09 Å². The van der Waals surface area contributed by atoms with E-state index >= 15 is 0 Å². The molecule has 6 heteroatoms. The number of amides is 1. The Bertz CT molecular complexity index is 518. The summed E-state index contributed by atoms with van der Waals surface area (Å²) in [5.74, 6) is 0.523. The molecule has 1 fully saturated rings. The molecule has 1 aliphatic carbocycles. The number of nitrogens with one attached hydrogen (secondary N) is 1. The average Bonchev–Trinajstić information content (AvgIpc) is 3.19. The maximum atomic E-state index is 12.4. The standard InChI is InChI=1S/C19H34N4O2/c1-15(2)17(14-22-12-7-11-21-22)20-10-6-13-23(16-8-9-16)18(24)25-19(3,4)5/h7,11-12,15-17,20H,6,8-10,13-14H2,1-5H3. The Morgan fingerprint density at radius 1 is 1.40 bits per heavy atom. The minimum atomic E-state index is -0.436. The fourth-order valence-electron chi connectivity index (χ4n) is 2.79. The first-order valence-electron chi connectivity index (χ1n) is 9.46. The van der Waals surface area contributed by atoms with Crippen LogP contribution >= 0.6 is 0 Å². The van der Waals surface area contributed by atoms with Crippen LogP contribution in [0.25, 0.3) is 0 Å². The number of nitrogens with zero attached hydrogens (tertiary/aromatic N) is 3. The number of carbonyl (C=O) groups excluding carboxylic acids is 1. The normalized spacial score (nSPS) is 16.1. The predicted molar refractivity (Wildman–Crippen MR) is 99.4 cm³/mol. The van der Waals surface area contributed by atoms with E-state index in [9.17, 15) is 4.79 Å². The molecule has 1 unspecified atom stereocenters. The molecular formula is C19H34N4O2. The van der Waals surface area contributed by atoms with Crippen molar-refractivity contribution in [3.05, 3.63) is 18.5 Å². The molecule has 1 N–H and O–H groups in total. The van der Waals surface area contributed by atoms with Crippen molar-refractivity contribution < 1.29 is 9.53 Å². The number of carbonyl (C=O) groups is 1. The molecule has 1 saturated carbocycles. The van der Waals surface area contributed by atoms with Crippen LogP contribution in [0.3, 0.4) is 0 Å². The second-order valence-corrected chi connectivity index (χ2v) is 8.29. The summed E-state index contributed by atoms with van der Waals surface area (Å²) in [6, 6.07) is 2.70. The van der Waals surface area contributed by atoms with Gasteiger partial charge in [0.05, 0.1) is 6.54 Å². The van der Waals surface area contributed by atoms with Crippen LogP contribution < -0.4 is 5.32 Å². The number of hydrogen-bond donors (Lipinski definition) is 1. The summed E-state index contributed by atoms with van der Waals surface area (Å²) in [5.41, 5.74) is -0.436. The first-order valence-corrected chi connectivity index (χ1v) is 9.46. The lowest BCUT2D eigenvalue weighted by atomic mass is 10.0. The molecule has 1 amide bonds. The van der Waals surface area contributed by atoms with Crippen LogP contribution in [0.2, 0.25) is 0 Å². The third kappa shape index (κ3) is 7.06. The van der Waals surface area contributed by atoms with Gasteiger partial charge in [0.2, 0.25) is 0 Å². The summed E-state index contributed by atoms with van der Waals surface area (Å²) >= 11 is 0. The number of aromatic nitrogens is 2. The Morgan fingerprint density at radius 2 is 2.12 bits per heavy atom. The molecule has 1 aromatic rings. The van der Waals surface area contributed by atoms with E-state index in [1.165, 1.54) is 0 Å². The highest BCUT2D eigenvalue weighted by Gasteiger charge is 2.34. The molecule has 0 aromatic carbocycles. The molecule has 1 atom stereocenters. The van der Waals surface area contributed by atoms with Crippen molar-refractivity contribution >= 4 is 6.09 Å². The summed E-state index contributed by atoms with van der Waals surface area (Å²) in [4.78, 5) is 14.3. The Kier molecular flexibility index (Phi) is 6.87. The molecule has 1 heterocycles. The first-order chi connectivity index (χ1) is 11.8. The van der Waals surface area contributed by atoms with Crippen LogP contribution in [0.15, 0.2) is 18.5 Å². The lowest BCUT2D eigenvalue weighted by molar-refractivity contribution is 0.0231. The zero-order valence-corrected chi connectivity index (χ0v) is 16.4. The molecule has 0 aliphatic heterocycles. The van der Waals surface area contributed by atoms with E-state index in [0.717, 1.165) is 38.9 Å². The lowest BCUT2D eigenvalue weighted by Gasteiger charge is -2.28. The Balaban J connectivity index is 1.76. The fourth-order valence-corrected chi connectivity index (χ4v) is 2.79. The van der Waals surface area contributed by atoms with Crippen molar-refractivity contribution in [2.24, 2.45) is 5.92 Å². The second-order valence-electron chi connectivity index (χ2n) is 8.29. The topological polar surface area (TPSA) is 59.4 Å². The largest absolute Gasteiger partial charge is 0.444 e. The van der Waals surface area contributed by atoms with Crippen molar-refractivity contribution in [1.82, 2.24) is 20.0 Å². The molecule has 1 aromatic heterocycles. The van der Waals surface area contributed by atoms with E-state index in [2.05, 4.69) is 24.3 Å². The Morgan fingerprint density at radius 3 is 2.64 bits per heavy atom. The predicted octanol–water partition coefficient (Wildman–Crippen LogP) is 3.29. The highest BCUT2D eigenvalue weighted by molar-refractivity contribution is 5.69. The van der Waals surface area contributed by atoms with E-state index < -0.39 is 5.60 Å². The second kappa shape index (κ2) is 8.70. The molecule has 0 bridgehead atoms. The molecule has 0 radical (unpaired) electrons. The molecule has 25 heavy (non-hydrogen) atoms. The van der Waals surface area contributed by atoms with Crippen molar-refractivity contribution in [2.45, 2.75) is 78.1 Å². The van der Waals surface area contributed by atoms with Gasteiger partial charge in [0.25, 0.3) is 0 Å². The third-order valence-corrected chi connectivity index (χ3v) is 4.35. The third-order valence-electron chi connectivity index (χ3n) is 4.35. The van der Waals surface area contributed by atoms with Gasteiger partial charge in [0.15, 0.2) is 0 Å². The van der Waals surface area contributed by atoms with Gasteiger partial charge in [-0.25, -0.2) is 4.79 Å². The summed E-state index contributed by atoms with van der Waals surface area (Å²) in [6.07, 6.45) is 6.76. The number of hydrogen-bond acceptors (Lipinski definition) is 4. The molecule has 0 saturated heterocycles. The highest BCUT2D eigenvalue weighted by Crippen LogP contribution is 2.28. The van der Waals surface area contributed by atoms with Crippen molar-refractivity contribution in [1.29, 1.82) is 0 Å². The first kappa shape index (κ1) is 19.8. The summed E-state index contributed by atoms with van der Waals surface area (Å²) in [6.45, 7) is 12.7. The molecule has 1 aliphatic rings. The van der Waals surface area contributed by atoms with Crippen LogP contribution in [0, 0.1) is 5.92 Å². The monoisotopic (exact) mass is 350 g/mol. The van der Waals surface area contributed by atoms with Gasteiger partial charge in [-0.15, -0.1) is 0 Å². The van der Waals surface area contributed by atoms with Crippen LogP contribution in [-0.2, 0) is 11.3 Å². The van der Waals surface area contributed by atoms with E-state index in [4.69, 9.17) is 4.74 Å². The van der Waals surface area contributed by atoms with Gasteiger partial charge < -0.3 is 15.0 Å². The van der Waals surface area contributed by atoms with Gasteiger partial charge in [0, 0.05) is 31.0 Å². The summed E-state index contributed by atoms with van der Waals surface area (Å²) in [7, 11) is 0. The SMILES string of the molecule is CC(C)C(Cn1cccn1)NCCCN(C(=O)OC(C)(C)C)C1CC1. The number of rotatable bonds is 9. The van der Waals surface area contributed by atoms with Crippen LogP contribution in [0.5, 0.6) is 0 Å².